The van der Waals surface area contributed by atoms with Crippen molar-refractivity contribution >= 4 is 17.5 Å². The fraction of sp³-hybridized carbons (Fsp3) is 0.333. The predicted octanol–water partition coefficient (Wildman–Crippen LogP) is 3.27. The molecule has 0 saturated heterocycles. The Labute approximate surface area is 208 Å². The number of halogens is 1. The summed E-state index contributed by atoms with van der Waals surface area (Å²) in [5, 5.41) is 13.7. The molecule has 8 heteroatoms. The number of pyridine rings is 1. The van der Waals surface area contributed by atoms with Gasteiger partial charge in [-0.05, 0) is 48.1 Å². The average Bonchev–Trinajstić information content (AvgIpc) is 3.34. The molecular formula is C27H26ClN3O4. The Morgan fingerprint density at radius 2 is 1.86 bits per heavy atom. The molecule has 3 unspecified atom stereocenters. The molecule has 0 saturated carbocycles. The molecule has 1 aliphatic heterocycles. The molecule has 0 bridgehead atoms. The molecule has 2 heterocycles. The van der Waals surface area contributed by atoms with Gasteiger partial charge >= 0.3 is 0 Å². The summed E-state index contributed by atoms with van der Waals surface area (Å²) in [6.45, 7) is 2.64. The van der Waals surface area contributed by atoms with Gasteiger partial charge in [-0.3, -0.25) is 19.3 Å². The maximum Gasteiger partial charge on any atom is 0.278 e. The van der Waals surface area contributed by atoms with E-state index in [1.54, 1.807) is 22.9 Å². The van der Waals surface area contributed by atoms with Crippen molar-refractivity contribution in [2.45, 2.75) is 31.5 Å². The molecule has 0 radical (unpaired) electrons. The summed E-state index contributed by atoms with van der Waals surface area (Å²) >= 11 is 6.72. The van der Waals surface area contributed by atoms with Gasteiger partial charge < -0.3 is 14.7 Å². The second-order valence-electron chi connectivity index (χ2n) is 9.48. The summed E-state index contributed by atoms with van der Waals surface area (Å²) in [4.78, 5) is 27.7. The highest BCUT2D eigenvalue weighted by Crippen LogP contribution is 2.58. The van der Waals surface area contributed by atoms with E-state index < -0.39 is 28.8 Å². The molecule has 2 aliphatic carbocycles. The van der Waals surface area contributed by atoms with E-state index in [0.29, 0.717) is 13.2 Å². The number of aromatic hydroxyl groups is 1. The minimum absolute atomic E-state index is 0.0281. The lowest BCUT2D eigenvalue weighted by atomic mass is 9.81. The summed E-state index contributed by atoms with van der Waals surface area (Å²) in [6, 6.07) is 15.7. The summed E-state index contributed by atoms with van der Waals surface area (Å²) in [5.41, 5.74) is 3.36. The zero-order valence-electron chi connectivity index (χ0n) is 19.6. The quantitative estimate of drug-likeness (QED) is 0.606. The van der Waals surface area contributed by atoms with Crippen LogP contribution in [0.25, 0.3) is 0 Å². The van der Waals surface area contributed by atoms with Crippen LogP contribution in [-0.4, -0.2) is 47.0 Å². The summed E-state index contributed by atoms with van der Waals surface area (Å²) in [5.74, 6) is -0.783. The average molecular weight is 492 g/mol. The SMILES string of the molecule is COCCN1C(=O)c2c(O)c(=O)ccn2N(C23c4ccccc4CC2Cc2c(Cl)cccc23)C1C. The molecule has 3 aliphatic rings. The number of methoxy groups -OCH3 is 1. The first-order chi connectivity index (χ1) is 16.9. The number of carbonyl (C=O) groups excluding carboxylic acids is 1. The molecular weight excluding hydrogens is 466 g/mol. The smallest absolute Gasteiger partial charge is 0.278 e. The van der Waals surface area contributed by atoms with E-state index in [2.05, 4.69) is 29.3 Å². The van der Waals surface area contributed by atoms with E-state index in [1.165, 1.54) is 11.6 Å². The van der Waals surface area contributed by atoms with Crippen molar-refractivity contribution in [2.24, 2.45) is 5.92 Å². The molecule has 180 valence electrons. The lowest BCUT2D eigenvalue weighted by Gasteiger charge is -2.54. The Balaban J connectivity index is 1.69. The number of aromatic nitrogens is 1. The number of fused-ring (bicyclic) bond motifs is 6. The van der Waals surface area contributed by atoms with Crippen molar-refractivity contribution in [3.63, 3.8) is 0 Å². The van der Waals surface area contributed by atoms with Crippen molar-refractivity contribution in [3.05, 3.63) is 97.9 Å². The number of carbonyl (C=O) groups is 1. The fourth-order valence-electron chi connectivity index (χ4n) is 6.55. The zero-order chi connectivity index (χ0) is 24.5. The third-order valence-electron chi connectivity index (χ3n) is 7.92. The van der Waals surface area contributed by atoms with Gasteiger partial charge in [0, 0.05) is 36.9 Å². The first-order valence-corrected chi connectivity index (χ1v) is 12.2. The first-order valence-electron chi connectivity index (χ1n) is 11.8. The van der Waals surface area contributed by atoms with Crippen LogP contribution in [0.2, 0.25) is 5.02 Å². The first kappa shape index (κ1) is 22.2. The van der Waals surface area contributed by atoms with Gasteiger partial charge in [-0.15, -0.1) is 0 Å². The van der Waals surface area contributed by atoms with Crippen LogP contribution < -0.4 is 10.4 Å². The highest BCUT2D eigenvalue weighted by Gasteiger charge is 2.60. The van der Waals surface area contributed by atoms with Crippen LogP contribution in [0.3, 0.4) is 0 Å². The monoisotopic (exact) mass is 491 g/mol. The van der Waals surface area contributed by atoms with E-state index in [-0.39, 0.29) is 11.6 Å². The summed E-state index contributed by atoms with van der Waals surface area (Å²) < 4.78 is 6.99. The Hall–Kier alpha value is -3.29. The number of ether oxygens (including phenoxy) is 1. The fourth-order valence-corrected chi connectivity index (χ4v) is 6.80. The zero-order valence-corrected chi connectivity index (χ0v) is 20.3. The maximum absolute atomic E-state index is 13.6. The predicted molar refractivity (Wildman–Crippen MR) is 133 cm³/mol. The van der Waals surface area contributed by atoms with Crippen LogP contribution in [-0.2, 0) is 23.1 Å². The molecule has 3 atom stereocenters. The van der Waals surface area contributed by atoms with Gasteiger partial charge in [0.25, 0.3) is 5.91 Å². The highest BCUT2D eigenvalue weighted by molar-refractivity contribution is 6.31. The number of rotatable bonds is 4. The third kappa shape index (κ3) is 2.82. The molecule has 1 N–H and O–H groups in total. The van der Waals surface area contributed by atoms with Crippen LogP contribution in [0.5, 0.6) is 5.75 Å². The molecule has 35 heavy (non-hydrogen) atoms. The van der Waals surface area contributed by atoms with Crippen LogP contribution in [0.1, 0.15) is 39.7 Å². The van der Waals surface area contributed by atoms with Gasteiger partial charge in [0.2, 0.25) is 5.43 Å². The van der Waals surface area contributed by atoms with E-state index in [1.807, 2.05) is 25.1 Å². The molecule has 6 rings (SSSR count). The molecule has 0 spiro atoms. The van der Waals surface area contributed by atoms with Gasteiger partial charge in [-0.1, -0.05) is 48.0 Å². The Kier molecular flexibility index (Phi) is 4.99. The van der Waals surface area contributed by atoms with Crippen LogP contribution >= 0.6 is 11.6 Å². The van der Waals surface area contributed by atoms with Crippen molar-refractivity contribution in [1.82, 2.24) is 9.58 Å². The minimum atomic E-state index is -0.640. The lowest BCUT2D eigenvalue weighted by Crippen LogP contribution is -2.68. The van der Waals surface area contributed by atoms with E-state index in [9.17, 15) is 14.7 Å². The van der Waals surface area contributed by atoms with Gasteiger partial charge in [0.15, 0.2) is 11.4 Å². The lowest BCUT2D eigenvalue weighted by molar-refractivity contribution is 0.0433. The van der Waals surface area contributed by atoms with E-state index in [0.717, 1.165) is 34.6 Å². The molecule has 2 aromatic carbocycles. The van der Waals surface area contributed by atoms with Gasteiger partial charge in [-0.2, -0.15) is 0 Å². The van der Waals surface area contributed by atoms with Gasteiger partial charge in [0.05, 0.1) is 6.61 Å². The third-order valence-corrected chi connectivity index (χ3v) is 8.27. The van der Waals surface area contributed by atoms with Crippen molar-refractivity contribution in [2.75, 3.05) is 25.3 Å². The van der Waals surface area contributed by atoms with Gasteiger partial charge in [0.1, 0.15) is 11.7 Å². The molecule has 1 amide bonds. The second kappa shape index (κ2) is 7.86. The summed E-state index contributed by atoms with van der Waals surface area (Å²) in [7, 11) is 1.59. The highest BCUT2D eigenvalue weighted by atomic mass is 35.5. The van der Waals surface area contributed by atoms with Crippen LogP contribution in [0, 0.1) is 5.92 Å². The number of hydrogen-bond acceptors (Lipinski definition) is 5. The second-order valence-corrected chi connectivity index (χ2v) is 9.89. The number of amides is 1. The minimum Gasteiger partial charge on any atom is -0.502 e. The van der Waals surface area contributed by atoms with Crippen LogP contribution in [0.4, 0.5) is 0 Å². The molecule has 3 aromatic rings. The van der Waals surface area contributed by atoms with E-state index in [4.69, 9.17) is 16.3 Å². The Morgan fingerprint density at radius 3 is 2.66 bits per heavy atom. The van der Waals surface area contributed by atoms with E-state index >= 15 is 0 Å². The standard InChI is InChI=1S/C27H26ClN3O4/c1-16-29(12-13-35-2)26(34)24-25(33)23(32)10-11-30(24)31(16)27-18(14-17-6-3-4-7-20(17)27)15-19-21(27)8-5-9-22(19)28/h3-11,16,18,33H,12-15H2,1-2H3. The number of benzene rings is 2. The van der Waals surface area contributed by atoms with Crippen molar-refractivity contribution in [1.29, 1.82) is 0 Å². The number of hydrogen-bond donors (Lipinski definition) is 1. The molecule has 0 fully saturated rings. The summed E-state index contributed by atoms with van der Waals surface area (Å²) in [6.07, 6.45) is 2.86. The van der Waals surface area contributed by atoms with Gasteiger partial charge in [-0.25, -0.2) is 0 Å². The molecule has 1 aromatic heterocycles. The topological polar surface area (TPSA) is 75.0 Å². The normalized spacial score (nSPS) is 24.3. The van der Waals surface area contributed by atoms with Crippen LogP contribution in [0.15, 0.2) is 59.5 Å². The largest absolute Gasteiger partial charge is 0.502 e. The van der Waals surface area contributed by atoms with Crippen molar-refractivity contribution < 1.29 is 14.6 Å². The molecule has 7 nitrogen and oxygen atoms in total. The van der Waals surface area contributed by atoms with Crippen molar-refractivity contribution in [3.8, 4) is 5.75 Å². The Bertz CT molecular complexity index is 1420. The maximum atomic E-state index is 13.6. The Morgan fingerprint density at radius 1 is 1.09 bits per heavy atom. The number of nitrogens with zero attached hydrogens (tertiary/aromatic N) is 3.